The lowest BCUT2D eigenvalue weighted by atomic mass is 10.1. The number of carboxylic acids is 1. The molecule has 0 amide bonds. The van der Waals surface area contributed by atoms with Crippen molar-refractivity contribution in [2.75, 3.05) is 7.11 Å². The van der Waals surface area contributed by atoms with E-state index in [0.717, 1.165) is 0 Å². The second-order valence-electron chi connectivity index (χ2n) is 3.19. The summed E-state index contributed by atoms with van der Waals surface area (Å²) < 4.78 is 4.92. The summed E-state index contributed by atoms with van der Waals surface area (Å²) in [5.41, 5.74) is 0.670. The van der Waals surface area contributed by atoms with Crippen LogP contribution in [0.2, 0.25) is 5.02 Å². The van der Waals surface area contributed by atoms with Crippen LogP contribution in [-0.2, 0) is 0 Å². The first-order valence-corrected chi connectivity index (χ1v) is 4.87. The number of pyridine rings is 1. The maximum Gasteiger partial charge on any atom is 0.341 e. The van der Waals surface area contributed by atoms with Crippen LogP contribution in [0.3, 0.4) is 0 Å². The molecule has 0 aliphatic heterocycles. The third-order valence-electron chi connectivity index (χ3n) is 2.17. The van der Waals surface area contributed by atoms with Gasteiger partial charge in [0.1, 0.15) is 5.56 Å². The predicted molar refractivity (Wildman–Crippen MR) is 60.3 cm³/mol. The third-order valence-corrected chi connectivity index (χ3v) is 2.40. The van der Waals surface area contributed by atoms with Crippen molar-refractivity contribution in [3.63, 3.8) is 0 Å². The summed E-state index contributed by atoms with van der Waals surface area (Å²) in [5, 5.41) is 10.2. The van der Waals surface area contributed by atoms with E-state index >= 15 is 0 Å². The van der Waals surface area contributed by atoms with Crippen molar-refractivity contribution in [3.05, 3.63) is 34.9 Å². The molecule has 82 valence electrons. The van der Waals surface area contributed by atoms with Crippen molar-refractivity contribution >= 4 is 28.5 Å². The molecule has 5 heteroatoms. The molecule has 0 saturated carbocycles. The highest BCUT2D eigenvalue weighted by atomic mass is 35.5. The number of aromatic carboxylic acids is 1. The number of aromatic nitrogens is 1. The fourth-order valence-electron chi connectivity index (χ4n) is 1.44. The molecule has 0 atom stereocenters. The normalized spacial score (nSPS) is 10.4. The number of fused-ring (bicyclic) bond motifs is 1. The SMILES string of the molecule is COc1nc2ccc(Cl)cc2cc1C(=O)O. The van der Waals surface area contributed by atoms with Crippen molar-refractivity contribution in [2.24, 2.45) is 0 Å². The summed E-state index contributed by atoms with van der Waals surface area (Å²) in [4.78, 5) is 15.1. The summed E-state index contributed by atoms with van der Waals surface area (Å²) in [6.07, 6.45) is 0. The van der Waals surface area contributed by atoms with Gasteiger partial charge in [-0.1, -0.05) is 11.6 Å². The first-order chi connectivity index (χ1) is 7.61. The van der Waals surface area contributed by atoms with E-state index in [9.17, 15) is 4.79 Å². The zero-order valence-corrected chi connectivity index (χ0v) is 9.15. The topological polar surface area (TPSA) is 59.4 Å². The Bertz CT molecular complexity index is 568. The Morgan fingerprint density at radius 3 is 2.81 bits per heavy atom. The Hall–Kier alpha value is -1.81. The molecule has 0 aliphatic rings. The summed E-state index contributed by atoms with van der Waals surface area (Å²) in [6.45, 7) is 0. The number of carbonyl (C=O) groups is 1. The van der Waals surface area contributed by atoms with Gasteiger partial charge in [0.05, 0.1) is 12.6 Å². The number of methoxy groups -OCH3 is 1. The maximum absolute atomic E-state index is 11.0. The largest absolute Gasteiger partial charge is 0.480 e. The molecule has 0 unspecified atom stereocenters. The zero-order chi connectivity index (χ0) is 11.7. The van der Waals surface area contributed by atoms with Crippen molar-refractivity contribution < 1.29 is 14.6 Å². The Labute approximate surface area is 96.4 Å². The number of nitrogens with zero attached hydrogens (tertiary/aromatic N) is 1. The molecule has 1 N–H and O–H groups in total. The minimum absolute atomic E-state index is 0.0252. The molecular weight excluding hydrogens is 230 g/mol. The van der Waals surface area contributed by atoms with Crippen LogP contribution in [0.15, 0.2) is 24.3 Å². The Morgan fingerprint density at radius 1 is 1.44 bits per heavy atom. The van der Waals surface area contributed by atoms with Gasteiger partial charge < -0.3 is 9.84 Å². The van der Waals surface area contributed by atoms with Crippen molar-refractivity contribution in [1.29, 1.82) is 0 Å². The van der Waals surface area contributed by atoms with Crippen molar-refractivity contribution in [3.8, 4) is 5.88 Å². The number of benzene rings is 1. The van der Waals surface area contributed by atoms with Gasteiger partial charge in [-0.2, -0.15) is 0 Å². The van der Waals surface area contributed by atoms with Crippen LogP contribution >= 0.6 is 11.6 Å². The predicted octanol–water partition coefficient (Wildman–Crippen LogP) is 2.59. The first kappa shape index (κ1) is 10.7. The van der Waals surface area contributed by atoms with Gasteiger partial charge in [-0.05, 0) is 24.3 Å². The highest BCUT2D eigenvalue weighted by molar-refractivity contribution is 6.31. The van der Waals surface area contributed by atoms with E-state index in [1.54, 1.807) is 18.2 Å². The number of rotatable bonds is 2. The molecule has 2 rings (SSSR count). The van der Waals surface area contributed by atoms with E-state index in [1.807, 2.05) is 0 Å². The van der Waals surface area contributed by atoms with E-state index in [2.05, 4.69) is 4.98 Å². The minimum atomic E-state index is -1.08. The van der Waals surface area contributed by atoms with Gasteiger partial charge in [-0.15, -0.1) is 0 Å². The van der Waals surface area contributed by atoms with Crippen LogP contribution in [0.25, 0.3) is 10.9 Å². The second-order valence-corrected chi connectivity index (χ2v) is 3.62. The number of carboxylic acid groups (broad SMARTS) is 1. The molecule has 0 aliphatic carbocycles. The molecule has 0 spiro atoms. The van der Waals surface area contributed by atoms with Gasteiger partial charge in [-0.25, -0.2) is 9.78 Å². The second kappa shape index (κ2) is 3.98. The highest BCUT2D eigenvalue weighted by Gasteiger charge is 2.13. The summed E-state index contributed by atoms with van der Waals surface area (Å²) in [6, 6.07) is 6.56. The number of ether oxygens (including phenoxy) is 1. The molecule has 1 heterocycles. The average Bonchev–Trinajstić information content (AvgIpc) is 2.27. The number of hydrogen-bond donors (Lipinski definition) is 1. The van der Waals surface area contributed by atoms with Crippen LogP contribution < -0.4 is 4.74 Å². The zero-order valence-electron chi connectivity index (χ0n) is 8.40. The standard InChI is InChI=1S/C11H8ClNO3/c1-16-10-8(11(14)15)5-6-4-7(12)2-3-9(6)13-10/h2-5H,1H3,(H,14,15). The van der Waals surface area contributed by atoms with Crippen LogP contribution in [-0.4, -0.2) is 23.2 Å². The molecule has 2 aromatic rings. The Balaban J connectivity index is 2.75. The third kappa shape index (κ3) is 1.79. The first-order valence-electron chi connectivity index (χ1n) is 4.49. The maximum atomic E-state index is 11.0. The lowest BCUT2D eigenvalue weighted by molar-refractivity contribution is 0.0692. The average molecular weight is 238 g/mol. The van der Waals surface area contributed by atoms with E-state index in [-0.39, 0.29) is 11.4 Å². The lowest BCUT2D eigenvalue weighted by Gasteiger charge is -2.05. The number of hydrogen-bond acceptors (Lipinski definition) is 3. The van der Waals surface area contributed by atoms with E-state index < -0.39 is 5.97 Å². The van der Waals surface area contributed by atoms with Crippen molar-refractivity contribution in [1.82, 2.24) is 4.98 Å². The Kier molecular flexibility index (Phi) is 2.66. The van der Waals surface area contributed by atoms with Crippen LogP contribution in [0.5, 0.6) is 5.88 Å². The molecule has 1 aromatic carbocycles. The fraction of sp³-hybridized carbons (Fsp3) is 0.0909. The molecule has 4 nitrogen and oxygen atoms in total. The van der Waals surface area contributed by atoms with Gasteiger partial charge in [0.15, 0.2) is 0 Å². The summed E-state index contributed by atoms with van der Waals surface area (Å²) >= 11 is 5.82. The lowest BCUT2D eigenvalue weighted by Crippen LogP contribution is -2.02. The van der Waals surface area contributed by atoms with Gasteiger partial charge in [0.2, 0.25) is 5.88 Å². The molecule has 0 fully saturated rings. The van der Waals surface area contributed by atoms with Gasteiger partial charge >= 0.3 is 5.97 Å². The fourth-order valence-corrected chi connectivity index (χ4v) is 1.62. The number of halogens is 1. The summed E-state index contributed by atoms with van der Waals surface area (Å²) in [5.74, 6) is -0.978. The van der Waals surface area contributed by atoms with E-state index in [0.29, 0.717) is 15.9 Å². The molecular formula is C11H8ClNO3. The Morgan fingerprint density at radius 2 is 2.19 bits per heavy atom. The molecule has 0 bridgehead atoms. The molecule has 0 saturated heterocycles. The smallest absolute Gasteiger partial charge is 0.341 e. The quantitative estimate of drug-likeness (QED) is 0.872. The molecule has 16 heavy (non-hydrogen) atoms. The molecule has 0 radical (unpaired) electrons. The van der Waals surface area contributed by atoms with E-state index in [1.165, 1.54) is 13.2 Å². The van der Waals surface area contributed by atoms with Crippen LogP contribution in [0.4, 0.5) is 0 Å². The van der Waals surface area contributed by atoms with E-state index in [4.69, 9.17) is 21.4 Å². The minimum Gasteiger partial charge on any atom is -0.480 e. The monoisotopic (exact) mass is 237 g/mol. The van der Waals surface area contributed by atoms with Crippen LogP contribution in [0.1, 0.15) is 10.4 Å². The molecule has 1 aromatic heterocycles. The van der Waals surface area contributed by atoms with Crippen molar-refractivity contribution in [2.45, 2.75) is 0 Å². The van der Waals surface area contributed by atoms with Crippen LogP contribution in [0, 0.1) is 0 Å². The van der Waals surface area contributed by atoms with Gasteiger partial charge in [0.25, 0.3) is 0 Å². The highest BCUT2D eigenvalue weighted by Crippen LogP contribution is 2.24. The van der Waals surface area contributed by atoms with Gasteiger partial charge in [-0.3, -0.25) is 0 Å². The summed E-state index contributed by atoms with van der Waals surface area (Å²) in [7, 11) is 1.39. The van der Waals surface area contributed by atoms with Gasteiger partial charge in [0, 0.05) is 10.4 Å².